The van der Waals surface area contributed by atoms with E-state index in [1.807, 2.05) is 24.3 Å². The molecular formula is C11H8ClN3. The zero-order valence-corrected chi connectivity index (χ0v) is 8.57. The van der Waals surface area contributed by atoms with E-state index in [1.165, 1.54) is 0 Å². The molecule has 0 radical (unpaired) electrons. The average molecular weight is 218 g/mol. The summed E-state index contributed by atoms with van der Waals surface area (Å²) in [6, 6.07) is 9.37. The van der Waals surface area contributed by atoms with Gasteiger partial charge in [-0.25, -0.2) is 0 Å². The summed E-state index contributed by atoms with van der Waals surface area (Å²) in [5, 5.41) is 12.9. The molecule has 0 aliphatic carbocycles. The number of allylic oxidation sites excluding steroid dienone is 1. The molecule has 15 heavy (non-hydrogen) atoms. The van der Waals surface area contributed by atoms with Gasteiger partial charge >= 0.3 is 0 Å². The number of rotatable bonds is 1. The molecule has 1 aliphatic rings. The Morgan fingerprint density at radius 2 is 2.33 bits per heavy atom. The van der Waals surface area contributed by atoms with Gasteiger partial charge in [-0.3, -0.25) is 5.43 Å². The molecule has 2 rings (SSSR count). The van der Waals surface area contributed by atoms with Crippen LogP contribution in [0, 0.1) is 11.3 Å². The lowest BCUT2D eigenvalue weighted by Crippen LogP contribution is -2.21. The Kier molecular flexibility index (Phi) is 2.70. The Morgan fingerprint density at radius 1 is 1.47 bits per heavy atom. The van der Waals surface area contributed by atoms with Crippen molar-refractivity contribution in [2.75, 3.05) is 0 Å². The first-order valence-corrected chi connectivity index (χ1v) is 4.89. The molecule has 74 valence electrons. The third-order valence-corrected chi connectivity index (χ3v) is 2.26. The maximum absolute atomic E-state index is 8.76. The van der Waals surface area contributed by atoms with Crippen LogP contribution in [0.3, 0.4) is 0 Å². The molecule has 1 aromatic carbocycles. The molecule has 4 heteroatoms. The van der Waals surface area contributed by atoms with E-state index in [1.54, 1.807) is 12.1 Å². The lowest BCUT2D eigenvalue weighted by atomic mass is 10.1. The van der Waals surface area contributed by atoms with Crippen LogP contribution in [0.4, 0.5) is 0 Å². The van der Waals surface area contributed by atoms with E-state index in [4.69, 9.17) is 16.9 Å². The van der Waals surface area contributed by atoms with Gasteiger partial charge in [0.25, 0.3) is 0 Å². The number of halogens is 1. The highest BCUT2D eigenvalue weighted by molar-refractivity contribution is 6.22. The number of hydrogen-bond acceptors (Lipinski definition) is 3. The minimum Gasteiger partial charge on any atom is -0.288 e. The highest BCUT2D eigenvalue weighted by Gasteiger charge is 2.07. The number of nitrogens with one attached hydrogen (secondary N) is 1. The number of hydrazone groups is 1. The molecule has 1 aliphatic heterocycles. The molecule has 0 amide bonds. The Labute approximate surface area is 92.7 Å². The molecule has 0 saturated heterocycles. The maximum Gasteiger partial charge on any atom is 0.136 e. The Morgan fingerprint density at radius 3 is 3.00 bits per heavy atom. The smallest absolute Gasteiger partial charge is 0.136 e. The molecule has 1 unspecified atom stereocenters. The van der Waals surface area contributed by atoms with Gasteiger partial charge in [0.15, 0.2) is 0 Å². The Hall–Kier alpha value is -1.79. The van der Waals surface area contributed by atoms with Crippen LogP contribution in [0.25, 0.3) is 0 Å². The van der Waals surface area contributed by atoms with Gasteiger partial charge in [0.2, 0.25) is 0 Å². The molecule has 1 N–H and O–H groups in total. The molecular weight excluding hydrogens is 210 g/mol. The fourth-order valence-corrected chi connectivity index (χ4v) is 1.42. The summed E-state index contributed by atoms with van der Waals surface area (Å²) in [5.74, 6) is 0. The second kappa shape index (κ2) is 4.16. The van der Waals surface area contributed by atoms with Crippen molar-refractivity contribution in [3.05, 3.63) is 47.5 Å². The van der Waals surface area contributed by atoms with Crippen molar-refractivity contribution < 1.29 is 0 Å². The number of nitrogens with zero attached hydrogens (tertiary/aromatic N) is 2. The molecule has 3 nitrogen and oxygen atoms in total. The summed E-state index contributed by atoms with van der Waals surface area (Å²) in [6.45, 7) is 0. The molecule has 0 saturated carbocycles. The lowest BCUT2D eigenvalue weighted by molar-refractivity contribution is 0.766. The second-order valence-corrected chi connectivity index (χ2v) is 3.55. The van der Waals surface area contributed by atoms with E-state index in [0.717, 1.165) is 11.3 Å². The number of hydrogen-bond donors (Lipinski definition) is 1. The third-order valence-electron chi connectivity index (χ3n) is 2.02. The summed E-state index contributed by atoms with van der Waals surface area (Å²) < 4.78 is 0. The number of benzene rings is 1. The van der Waals surface area contributed by atoms with Crippen LogP contribution in [0.15, 0.2) is 41.5 Å². The number of nitriles is 1. The van der Waals surface area contributed by atoms with Crippen LogP contribution in [-0.4, -0.2) is 11.2 Å². The largest absolute Gasteiger partial charge is 0.288 e. The minimum absolute atomic E-state index is 0.257. The van der Waals surface area contributed by atoms with Crippen molar-refractivity contribution in [2.24, 2.45) is 5.10 Å². The van der Waals surface area contributed by atoms with Crippen LogP contribution >= 0.6 is 11.6 Å². The van der Waals surface area contributed by atoms with Gasteiger partial charge in [-0.1, -0.05) is 23.7 Å². The zero-order valence-electron chi connectivity index (χ0n) is 7.81. The first kappa shape index (κ1) is 9.75. The van der Waals surface area contributed by atoms with Gasteiger partial charge in [-0.2, -0.15) is 10.4 Å². The molecule has 1 heterocycles. The van der Waals surface area contributed by atoms with E-state index in [-0.39, 0.29) is 5.50 Å². The van der Waals surface area contributed by atoms with Crippen molar-refractivity contribution in [1.82, 2.24) is 5.43 Å². The first-order chi connectivity index (χ1) is 7.29. The van der Waals surface area contributed by atoms with Gasteiger partial charge in [0.05, 0.1) is 17.3 Å². The standard InChI is InChI=1S/C11H8ClN3/c12-11-5-4-10(14-15-11)9-3-1-2-8(6-9)7-13/h1-6,11,15H. The minimum atomic E-state index is -0.257. The molecule has 0 spiro atoms. The quantitative estimate of drug-likeness (QED) is 0.578. The molecule has 0 fully saturated rings. The second-order valence-electron chi connectivity index (χ2n) is 3.08. The van der Waals surface area contributed by atoms with Gasteiger partial charge in [-0.05, 0) is 24.3 Å². The average Bonchev–Trinajstić information content (AvgIpc) is 2.30. The predicted molar refractivity (Wildman–Crippen MR) is 59.6 cm³/mol. The lowest BCUT2D eigenvalue weighted by Gasteiger charge is -2.11. The van der Waals surface area contributed by atoms with Crippen molar-refractivity contribution in [3.8, 4) is 6.07 Å². The van der Waals surface area contributed by atoms with E-state index < -0.39 is 0 Å². The normalized spacial score (nSPS) is 18.9. The highest BCUT2D eigenvalue weighted by atomic mass is 35.5. The van der Waals surface area contributed by atoms with Gasteiger partial charge in [0, 0.05) is 5.56 Å². The Balaban J connectivity index is 2.31. The van der Waals surface area contributed by atoms with Crippen molar-refractivity contribution >= 4 is 17.3 Å². The monoisotopic (exact) mass is 217 g/mol. The van der Waals surface area contributed by atoms with Crippen LogP contribution < -0.4 is 5.43 Å². The third kappa shape index (κ3) is 2.17. The van der Waals surface area contributed by atoms with Gasteiger partial charge < -0.3 is 0 Å². The van der Waals surface area contributed by atoms with E-state index in [0.29, 0.717) is 5.56 Å². The summed E-state index contributed by atoms with van der Waals surface area (Å²) >= 11 is 5.77. The summed E-state index contributed by atoms with van der Waals surface area (Å²) in [5.41, 5.74) is 4.80. The maximum atomic E-state index is 8.76. The van der Waals surface area contributed by atoms with Crippen molar-refractivity contribution in [2.45, 2.75) is 5.50 Å². The van der Waals surface area contributed by atoms with E-state index in [9.17, 15) is 0 Å². The molecule has 1 atom stereocenters. The fourth-order valence-electron chi connectivity index (χ4n) is 1.30. The summed E-state index contributed by atoms with van der Waals surface area (Å²) in [6.07, 6.45) is 3.65. The summed E-state index contributed by atoms with van der Waals surface area (Å²) in [4.78, 5) is 0. The van der Waals surface area contributed by atoms with Crippen LogP contribution in [-0.2, 0) is 0 Å². The molecule has 1 aromatic rings. The van der Waals surface area contributed by atoms with Crippen LogP contribution in [0.5, 0.6) is 0 Å². The molecule has 0 aromatic heterocycles. The topological polar surface area (TPSA) is 48.2 Å². The molecule has 0 bridgehead atoms. The first-order valence-electron chi connectivity index (χ1n) is 4.45. The number of alkyl halides is 1. The fraction of sp³-hybridized carbons (Fsp3) is 0.0909. The van der Waals surface area contributed by atoms with Crippen LogP contribution in [0.1, 0.15) is 11.1 Å². The van der Waals surface area contributed by atoms with Gasteiger partial charge in [-0.15, -0.1) is 0 Å². The summed E-state index contributed by atoms with van der Waals surface area (Å²) in [7, 11) is 0. The van der Waals surface area contributed by atoms with Gasteiger partial charge in [0.1, 0.15) is 5.50 Å². The SMILES string of the molecule is N#Cc1cccc(C2=NNC(Cl)C=C2)c1. The van der Waals surface area contributed by atoms with Crippen LogP contribution in [0.2, 0.25) is 0 Å². The predicted octanol–water partition coefficient (Wildman–Crippen LogP) is 1.99. The van der Waals surface area contributed by atoms with E-state index >= 15 is 0 Å². The Bertz CT molecular complexity index is 471. The van der Waals surface area contributed by atoms with Crippen molar-refractivity contribution in [1.29, 1.82) is 5.26 Å². The van der Waals surface area contributed by atoms with E-state index in [2.05, 4.69) is 16.6 Å². The van der Waals surface area contributed by atoms with Crippen molar-refractivity contribution in [3.63, 3.8) is 0 Å². The highest BCUT2D eigenvalue weighted by Crippen LogP contribution is 2.10. The zero-order chi connectivity index (χ0) is 10.7.